The number of ether oxygens (including phenoxy) is 1. The molecular weight excluding hydrogens is 304 g/mol. The van der Waals surface area contributed by atoms with E-state index in [0.29, 0.717) is 17.9 Å². The van der Waals surface area contributed by atoms with Gasteiger partial charge in [-0.25, -0.2) is 4.79 Å². The number of carbonyl (C=O) groups excluding carboxylic acids is 2. The van der Waals surface area contributed by atoms with Crippen molar-refractivity contribution in [3.05, 3.63) is 65.7 Å². The number of hydrogen-bond acceptors (Lipinski definition) is 4. The highest BCUT2D eigenvalue weighted by Crippen LogP contribution is 2.11. The third kappa shape index (κ3) is 5.58. The number of hydrogen-bond donors (Lipinski definition) is 1. The number of rotatable bonds is 7. The highest BCUT2D eigenvalue weighted by Gasteiger charge is 2.08. The number of carbonyl (C=O) groups is 2. The highest BCUT2D eigenvalue weighted by molar-refractivity contribution is 5.93. The smallest absolute Gasteiger partial charge is 0.338 e. The van der Waals surface area contributed by atoms with Gasteiger partial charge in [0.25, 0.3) is 0 Å². The van der Waals surface area contributed by atoms with Crippen LogP contribution in [0.15, 0.2) is 54.6 Å². The molecule has 0 radical (unpaired) electrons. The highest BCUT2D eigenvalue weighted by atomic mass is 16.5. The van der Waals surface area contributed by atoms with Crippen molar-refractivity contribution < 1.29 is 14.3 Å². The van der Waals surface area contributed by atoms with E-state index in [0.717, 1.165) is 12.8 Å². The molecule has 1 amide bonds. The number of nitrogens with zero attached hydrogens (tertiary/aromatic N) is 1. The molecule has 1 N–H and O–H groups in total. The number of nitrogens with one attached hydrogen (secondary N) is 1. The third-order valence-corrected chi connectivity index (χ3v) is 3.33. The molecule has 0 aliphatic heterocycles. The lowest BCUT2D eigenvalue weighted by Gasteiger charge is -2.06. The summed E-state index contributed by atoms with van der Waals surface area (Å²) in [4.78, 5) is 23.2. The van der Waals surface area contributed by atoms with Crippen LogP contribution in [0, 0.1) is 11.3 Å². The second kappa shape index (κ2) is 9.11. The van der Waals surface area contributed by atoms with Gasteiger partial charge in [0, 0.05) is 5.69 Å². The van der Waals surface area contributed by atoms with Gasteiger partial charge in [-0.3, -0.25) is 4.79 Å². The van der Waals surface area contributed by atoms with Gasteiger partial charge in [-0.05, 0) is 42.7 Å². The third-order valence-electron chi connectivity index (χ3n) is 3.33. The molecule has 122 valence electrons. The zero-order valence-electron chi connectivity index (χ0n) is 13.2. The Morgan fingerprint density at radius 3 is 2.42 bits per heavy atom. The Labute approximate surface area is 140 Å². The molecule has 2 rings (SSSR count). The predicted octanol–water partition coefficient (Wildman–Crippen LogP) is 3.33. The summed E-state index contributed by atoms with van der Waals surface area (Å²) in [5, 5.41) is 11.0. The maximum absolute atomic E-state index is 11.9. The number of amides is 1. The lowest BCUT2D eigenvalue weighted by atomic mass is 10.1. The van der Waals surface area contributed by atoms with E-state index in [1.165, 1.54) is 5.56 Å². The van der Waals surface area contributed by atoms with Crippen LogP contribution >= 0.6 is 0 Å². The number of aryl methyl sites for hydroxylation is 1. The molecule has 0 saturated heterocycles. The van der Waals surface area contributed by atoms with Gasteiger partial charge in [-0.1, -0.05) is 30.3 Å². The van der Waals surface area contributed by atoms with Crippen LogP contribution in [0.2, 0.25) is 0 Å². The zero-order chi connectivity index (χ0) is 17.2. The average molecular weight is 322 g/mol. The van der Waals surface area contributed by atoms with Gasteiger partial charge in [-0.2, -0.15) is 5.26 Å². The van der Waals surface area contributed by atoms with Crippen LogP contribution in [0.25, 0.3) is 0 Å². The molecule has 0 aliphatic rings. The fourth-order valence-electron chi connectivity index (χ4n) is 2.14. The number of anilines is 1. The van der Waals surface area contributed by atoms with Crippen molar-refractivity contribution >= 4 is 17.6 Å². The van der Waals surface area contributed by atoms with Crippen molar-refractivity contribution in [2.75, 3.05) is 11.9 Å². The monoisotopic (exact) mass is 322 g/mol. The average Bonchev–Trinajstić information content (AvgIpc) is 2.60. The minimum absolute atomic E-state index is 0.203. The van der Waals surface area contributed by atoms with E-state index in [1.807, 2.05) is 30.3 Å². The summed E-state index contributed by atoms with van der Waals surface area (Å²) in [7, 11) is 0. The molecule has 0 fully saturated rings. The van der Waals surface area contributed by atoms with Crippen LogP contribution in [0.5, 0.6) is 0 Å². The van der Waals surface area contributed by atoms with Crippen LogP contribution in [-0.2, 0) is 16.0 Å². The first-order valence-corrected chi connectivity index (χ1v) is 7.67. The molecule has 2 aromatic rings. The summed E-state index contributed by atoms with van der Waals surface area (Å²) >= 11 is 0. The molecule has 0 aliphatic carbocycles. The van der Waals surface area contributed by atoms with Gasteiger partial charge in [0.1, 0.15) is 6.42 Å². The minimum atomic E-state index is -0.391. The van der Waals surface area contributed by atoms with Gasteiger partial charge >= 0.3 is 5.97 Å². The van der Waals surface area contributed by atoms with Gasteiger partial charge in [0.2, 0.25) is 5.91 Å². The predicted molar refractivity (Wildman–Crippen MR) is 90.3 cm³/mol. The van der Waals surface area contributed by atoms with E-state index >= 15 is 0 Å². The number of benzene rings is 2. The molecule has 0 atom stereocenters. The van der Waals surface area contributed by atoms with E-state index in [4.69, 9.17) is 10.00 Å². The number of nitriles is 1. The van der Waals surface area contributed by atoms with Crippen LogP contribution in [-0.4, -0.2) is 18.5 Å². The van der Waals surface area contributed by atoms with Gasteiger partial charge in [0.15, 0.2) is 0 Å². The topological polar surface area (TPSA) is 79.2 Å². The molecule has 0 spiro atoms. The van der Waals surface area contributed by atoms with E-state index in [1.54, 1.807) is 30.3 Å². The number of esters is 1. The normalized spacial score (nSPS) is 9.79. The molecule has 0 heterocycles. The van der Waals surface area contributed by atoms with Gasteiger partial charge in [-0.15, -0.1) is 0 Å². The molecule has 0 unspecified atom stereocenters. The van der Waals surface area contributed by atoms with Crippen LogP contribution in [0.3, 0.4) is 0 Å². The van der Waals surface area contributed by atoms with Crippen molar-refractivity contribution in [1.82, 2.24) is 0 Å². The summed E-state index contributed by atoms with van der Waals surface area (Å²) in [5.74, 6) is -0.772. The van der Waals surface area contributed by atoms with Crippen molar-refractivity contribution in [3.63, 3.8) is 0 Å². The summed E-state index contributed by atoms with van der Waals surface area (Å²) in [6.07, 6.45) is 1.42. The SMILES string of the molecule is N#CCC(=O)Nc1ccc(C(=O)OCCCc2ccccc2)cc1. The summed E-state index contributed by atoms with van der Waals surface area (Å²) < 4.78 is 5.24. The molecule has 5 heteroatoms. The maximum atomic E-state index is 11.9. The molecular formula is C19H18N2O3. The van der Waals surface area contributed by atoms with Crippen molar-refractivity contribution in [2.24, 2.45) is 0 Å². The Bertz CT molecular complexity index is 719. The fraction of sp³-hybridized carbons (Fsp3) is 0.211. The Balaban J connectivity index is 1.76. The summed E-state index contributed by atoms with van der Waals surface area (Å²) in [6, 6.07) is 18.2. The van der Waals surface area contributed by atoms with Crippen LogP contribution < -0.4 is 5.32 Å². The Hall–Kier alpha value is -3.13. The zero-order valence-corrected chi connectivity index (χ0v) is 13.2. The first-order chi connectivity index (χ1) is 11.7. The largest absolute Gasteiger partial charge is 0.462 e. The van der Waals surface area contributed by atoms with Gasteiger partial charge in [0.05, 0.1) is 18.2 Å². The van der Waals surface area contributed by atoms with Crippen molar-refractivity contribution in [1.29, 1.82) is 5.26 Å². The lowest BCUT2D eigenvalue weighted by Crippen LogP contribution is -2.11. The molecule has 0 aromatic heterocycles. The van der Waals surface area contributed by atoms with Crippen LogP contribution in [0.4, 0.5) is 5.69 Å². The lowest BCUT2D eigenvalue weighted by molar-refractivity contribution is -0.115. The van der Waals surface area contributed by atoms with Crippen molar-refractivity contribution in [2.45, 2.75) is 19.3 Å². The van der Waals surface area contributed by atoms with Crippen molar-refractivity contribution in [3.8, 4) is 6.07 Å². The van der Waals surface area contributed by atoms with E-state index < -0.39 is 5.97 Å². The molecule has 0 saturated carbocycles. The van der Waals surface area contributed by atoms with E-state index in [-0.39, 0.29) is 12.3 Å². The summed E-state index contributed by atoms with van der Waals surface area (Å²) in [5.41, 5.74) is 2.18. The quantitative estimate of drug-likeness (QED) is 0.626. The van der Waals surface area contributed by atoms with Crippen LogP contribution in [0.1, 0.15) is 28.8 Å². The molecule has 2 aromatic carbocycles. The molecule has 0 bridgehead atoms. The Morgan fingerprint density at radius 1 is 1.04 bits per heavy atom. The molecule has 24 heavy (non-hydrogen) atoms. The Kier molecular flexibility index (Phi) is 6.54. The summed E-state index contributed by atoms with van der Waals surface area (Å²) in [6.45, 7) is 0.356. The first-order valence-electron chi connectivity index (χ1n) is 7.67. The Morgan fingerprint density at radius 2 is 1.75 bits per heavy atom. The van der Waals surface area contributed by atoms with E-state index in [2.05, 4.69) is 5.32 Å². The van der Waals surface area contributed by atoms with E-state index in [9.17, 15) is 9.59 Å². The second-order valence-corrected chi connectivity index (χ2v) is 5.19. The second-order valence-electron chi connectivity index (χ2n) is 5.19. The fourth-order valence-corrected chi connectivity index (χ4v) is 2.14. The standard InChI is InChI=1S/C19H18N2O3/c20-13-12-18(22)21-17-10-8-16(9-11-17)19(23)24-14-4-7-15-5-2-1-3-6-15/h1-3,5-6,8-11H,4,7,12,14H2,(H,21,22). The van der Waals surface area contributed by atoms with Gasteiger partial charge < -0.3 is 10.1 Å². The minimum Gasteiger partial charge on any atom is -0.462 e. The first kappa shape index (κ1) is 17.2. The molecule has 5 nitrogen and oxygen atoms in total. The maximum Gasteiger partial charge on any atom is 0.338 e.